The van der Waals surface area contributed by atoms with Gasteiger partial charge in [-0.15, -0.1) is 0 Å². The van der Waals surface area contributed by atoms with Crippen molar-refractivity contribution >= 4 is 15.9 Å². The number of rotatable bonds is 4. The summed E-state index contributed by atoms with van der Waals surface area (Å²) in [4.78, 5) is 4.07. The Labute approximate surface area is 91.2 Å². The van der Waals surface area contributed by atoms with Crippen molar-refractivity contribution in [2.45, 2.75) is 12.5 Å². The molecular formula is C9H13BrN2O2. The van der Waals surface area contributed by atoms with Gasteiger partial charge in [-0.3, -0.25) is 0 Å². The number of nitrogens with zero attached hydrogens (tertiary/aromatic N) is 1. The summed E-state index contributed by atoms with van der Waals surface area (Å²) in [7, 11) is 1.58. The zero-order valence-electron chi connectivity index (χ0n) is 7.90. The molecule has 0 fully saturated rings. The molecular weight excluding hydrogens is 248 g/mol. The number of aromatic nitrogens is 1. The molecule has 1 heterocycles. The standard InChI is InChI=1S/C9H13BrN2O2/c1-14-7-2-4-12-9(10)8(7)6(11)3-5-13/h2,4,6,13H,3,5,11H2,1H3. The van der Waals surface area contributed by atoms with Crippen LogP contribution < -0.4 is 10.5 Å². The molecule has 1 rings (SSSR count). The van der Waals surface area contributed by atoms with Gasteiger partial charge >= 0.3 is 0 Å². The molecule has 14 heavy (non-hydrogen) atoms. The van der Waals surface area contributed by atoms with Gasteiger partial charge < -0.3 is 15.6 Å². The van der Waals surface area contributed by atoms with E-state index in [1.165, 1.54) is 0 Å². The number of methoxy groups -OCH3 is 1. The predicted molar refractivity (Wildman–Crippen MR) is 57.1 cm³/mol. The molecule has 1 aromatic heterocycles. The molecule has 0 radical (unpaired) electrons. The maximum Gasteiger partial charge on any atom is 0.127 e. The fraction of sp³-hybridized carbons (Fsp3) is 0.444. The number of ether oxygens (including phenoxy) is 1. The minimum Gasteiger partial charge on any atom is -0.496 e. The fourth-order valence-corrected chi connectivity index (χ4v) is 1.84. The van der Waals surface area contributed by atoms with Crippen molar-refractivity contribution < 1.29 is 9.84 Å². The van der Waals surface area contributed by atoms with Crippen LogP contribution in [0.25, 0.3) is 0 Å². The highest BCUT2D eigenvalue weighted by Crippen LogP contribution is 2.30. The van der Waals surface area contributed by atoms with Crippen LogP contribution in [0, 0.1) is 0 Å². The molecule has 0 aromatic carbocycles. The van der Waals surface area contributed by atoms with Gasteiger partial charge in [-0.25, -0.2) is 4.98 Å². The fourth-order valence-electron chi connectivity index (χ4n) is 1.23. The average Bonchev–Trinajstić information content (AvgIpc) is 2.17. The van der Waals surface area contributed by atoms with Crippen LogP contribution in [0.5, 0.6) is 5.75 Å². The summed E-state index contributed by atoms with van der Waals surface area (Å²) in [5, 5.41) is 8.80. The molecule has 1 atom stereocenters. The Bertz CT molecular complexity index is 307. The highest BCUT2D eigenvalue weighted by Gasteiger charge is 2.15. The maximum atomic E-state index is 8.80. The summed E-state index contributed by atoms with van der Waals surface area (Å²) in [6.07, 6.45) is 2.12. The van der Waals surface area contributed by atoms with Gasteiger partial charge in [0.05, 0.1) is 7.11 Å². The van der Waals surface area contributed by atoms with Gasteiger partial charge in [-0.05, 0) is 28.4 Å². The van der Waals surface area contributed by atoms with Gasteiger partial charge in [-0.2, -0.15) is 0 Å². The zero-order chi connectivity index (χ0) is 10.6. The molecule has 0 saturated carbocycles. The van der Waals surface area contributed by atoms with E-state index in [2.05, 4.69) is 20.9 Å². The van der Waals surface area contributed by atoms with Crippen molar-refractivity contribution in [2.24, 2.45) is 5.73 Å². The van der Waals surface area contributed by atoms with E-state index in [1.54, 1.807) is 19.4 Å². The highest BCUT2D eigenvalue weighted by atomic mass is 79.9. The summed E-state index contributed by atoms with van der Waals surface area (Å²) >= 11 is 3.31. The first-order valence-corrected chi connectivity index (χ1v) is 5.04. The lowest BCUT2D eigenvalue weighted by Crippen LogP contribution is -2.14. The lowest BCUT2D eigenvalue weighted by atomic mass is 10.1. The Morgan fingerprint density at radius 1 is 1.71 bits per heavy atom. The number of hydrogen-bond donors (Lipinski definition) is 2. The van der Waals surface area contributed by atoms with E-state index < -0.39 is 0 Å². The lowest BCUT2D eigenvalue weighted by Gasteiger charge is -2.15. The summed E-state index contributed by atoms with van der Waals surface area (Å²) in [6.45, 7) is 0.0473. The van der Waals surface area contributed by atoms with Crippen LogP contribution in [0.3, 0.4) is 0 Å². The Morgan fingerprint density at radius 3 is 3.00 bits per heavy atom. The molecule has 0 aliphatic heterocycles. The summed E-state index contributed by atoms with van der Waals surface area (Å²) in [5.41, 5.74) is 6.67. The second-order valence-electron chi connectivity index (χ2n) is 2.84. The Kier molecular flexibility index (Phi) is 4.31. The second kappa shape index (κ2) is 5.29. The quantitative estimate of drug-likeness (QED) is 0.800. The van der Waals surface area contributed by atoms with Gasteiger partial charge in [0.1, 0.15) is 10.4 Å². The third-order valence-corrected chi connectivity index (χ3v) is 2.56. The zero-order valence-corrected chi connectivity index (χ0v) is 9.49. The topological polar surface area (TPSA) is 68.4 Å². The molecule has 1 unspecified atom stereocenters. The lowest BCUT2D eigenvalue weighted by molar-refractivity contribution is 0.274. The second-order valence-corrected chi connectivity index (χ2v) is 3.59. The maximum absolute atomic E-state index is 8.80. The Balaban J connectivity index is 3.03. The smallest absolute Gasteiger partial charge is 0.127 e. The Morgan fingerprint density at radius 2 is 2.43 bits per heavy atom. The average molecular weight is 261 g/mol. The van der Waals surface area contributed by atoms with E-state index in [0.29, 0.717) is 16.8 Å². The van der Waals surface area contributed by atoms with E-state index in [1.807, 2.05) is 0 Å². The van der Waals surface area contributed by atoms with Crippen LogP contribution in [-0.4, -0.2) is 23.8 Å². The van der Waals surface area contributed by atoms with E-state index >= 15 is 0 Å². The monoisotopic (exact) mass is 260 g/mol. The number of aliphatic hydroxyl groups excluding tert-OH is 1. The summed E-state index contributed by atoms with van der Waals surface area (Å²) < 4.78 is 5.83. The van der Waals surface area contributed by atoms with Crippen molar-refractivity contribution in [2.75, 3.05) is 13.7 Å². The molecule has 5 heteroatoms. The molecule has 0 aliphatic carbocycles. The van der Waals surface area contributed by atoms with Crippen LogP contribution in [-0.2, 0) is 0 Å². The van der Waals surface area contributed by atoms with E-state index in [4.69, 9.17) is 15.6 Å². The van der Waals surface area contributed by atoms with Crippen molar-refractivity contribution in [1.29, 1.82) is 0 Å². The van der Waals surface area contributed by atoms with Gasteiger partial charge in [0.25, 0.3) is 0 Å². The molecule has 1 aromatic rings. The van der Waals surface area contributed by atoms with Gasteiger partial charge in [0.15, 0.2) is 0 Å². The minimum atomic E-state index is -0.266. The van der Waals surface area contributed by atoms with Crippen molar-refractivity contribution in [1.82, 2.24) is 4.98 Å². The third-order valence-electron chi connectivity index (χ3n) is 1.93. The molecule has 0 aliphatic rings. The van der Waals surface area contributed by atoms with Crippen molar-refractivity contribution in [3.05, 3.63) is 22.4 Å². The third kappa shape index (κ3) is 2.43. The number of halogens is 1. The molecule has 4 nitrogen and oxygen atoms in total. The van der Waals surface area contributed by atoms with E-state index in [-0.39, 0.29) is 12.6 Å². The number of pyridine rings is 1. The SMILES string of the molecule is COc1ccnc(Br)c1C(N)CCO. The predicted octanol–water partition coefficient (Wildman–Crippen LogP) is 1.23. The normalized spacial score (nSPS) is 12.6. The van der Waals surface area contributed by atoms with Crippen LogP contribution in [0.1, 0.15) is 18.0 Å². The first-order chi connectivity index (χ1) is 6.70. The van der Waals surface area contributed by atoms with Crippen LogP contribution >= 0.6 is 15.9 Å². The highest BCUT2D eigenvalue weighted by molar-refractivity contribution is 9.10. The van der Waals surface area contributed by atoms with E-state index in [0.717, 1.165) is 5.56 Å². The number of aliphatic hydroxyl groups is 1. The minimum absolute atomic E-state index is 0.0473. The van der Waals surface area contributed by atoms with Crippen LogP contribution in [0.15, 0.2) is 16.9 Å². The van der Waals surface area contributed by atoms with Crippen molar-refractivity contribution in [3.8, 4) is 5.75 Å². The van der Waals surface area contributed by atoms with E-state index in [9.17, 15) is 0 Å². The van der Waals surface area contributed by atoms with Gasteiger partial charge in [0.2, 0.25) is 0 Å². The summed E-state index contributed by atoms with van der Waals surface area (Å²) in [6, 6.07) is 1.48. The summed E-state index contributed by atoms with van der Waals surface area (Å²) in [5.74, 6) is 0.688. The molecule has 0 spiro atoms. The molecule has 3 N–H and O–H groups in total. The van der Waals surface area contributed by atoms with Crippen LogP contribution in [0.2, 0.25) is 0 Å². The molecule has 0 bridgehead atoms. The van der Waals surface area contributed by atoms with Gasteiger partial charge in [0, 0.05) is 24.4 Å². The van der Waals surface area contributed by atoms with Crippen molar-refractivity contribution in [3.63, 3.8) is 0 Å². The van der Waals surface area contributed by atoms with Gasteiger partial charge in [-0.1, -0.05) is 0 Å². The largest absolute Gasteiger partial charge is 0.496 e. The number of nitrogens with two attached hydrogens (primary N) is 1. The molecule has 0 amide bonds. The first kappa shape index (κ1) is 11.4. The Hall–Kier alpha value is -0.650. The first-order valence-electron chi connectivity index (χ1n) is 4.25. The van der Waals surface area contributed by atoms with Crippen LogP contribution in [0.4, 0.5) is 0 Å². The molecule has 0 saturated heterocycles. The molecule has 78 valence electrons. The number of hydrogen-bond acceptors (Lipinski definition) is 4.